The van der Waals surface area contributed by atoms with Crippen LogP contribution in [0, 0.1) is 60.4 Å². The number of piperidine rings is 4. The summed E-state index contributed by atoms with van der Waals surface area (Å²) in [6.45, 7) is 29.4. The predicted octanol–water partition coefficient (Wildman–Crippen LogP) is 18.9. The maximum Gasteiger partial charge on any atom is 0.352 e. The SMILES string of the molecule is CC1(F)CN(C(=O)C(F)(F)c2cc(C(=O)Nc3ccnc(Cl)c3)ccc2F)CCC1O.[C-]#[N+]c1cc(NC(=O)c2ccc(F)c(C(F)(F)C(=C)N3[C@@H]4CC[C@H]3CC(O)C4)c2)ccc1F.[C-]#[N+]c1cc(NC(=O)c2ccc(F)c(C(F)(F)C(=C)N3[C@@H]4CC[C@H]3CC(O)C4)c2)ccc1F.[C-]#[N+]c1cc(NC(=O)c2ccc(F)c(C(F)(F)C(=O)N3CCC(O)(CC)CC3)c2)ccc1F. The number of pyridine rings is 1. The van der Waals surface area contributed by atoms with Gasteiger partial charge in [-0.1, -0.05) is 31.7 Å². The van der Waals surface area contributed by atoms with E-state index in [0.29, 0.717) is 87.0 Å². The molecule has 8 N–H and O–H groups in total. The first-order valence-electron chi connectivity index (χ1n) is 40.2. The summed E-state index contributed by atoms with van der Waals surface area (Å²) < 4.78 is 234. The molecule has 130 heavy (non-hydrogen) atoms. The zero-order valence-electron chi connectivity index (χ0n) is 68.9. The van der Waals surface area contributed by atoms with Gasteiger partial charge in [0.25, 0.3) is 35.4 Å². The van der Waals surface area contributed by atoms with Gasteiger partial charge in [-0.3, -0.25) is 28.8 Å². The number of aromatic nitrogens is 1. The molecule has 0 radical (unpaired) electrons. The Balaban J connectivity index is 0.000000168. The topological polar surface area (TPSA) is 270 Å². The van der Waals surface area contributed by atoms with Gasteiger partial charge in [-0.25, -0.2) is 54.6 Å². The van der Waals surface area contributed by atoms with Crippen LogP contribution in [0.5, 0.6) is 0 Å². The highest BCUT2D eigenvalue weighted by Gasteiger charge is 2.54. The van der Waals surface area contributed by atoms with Crippen molar-refractivity contribution in [3.8, 4) is 0 Å². The number of benzene rings is 7. The number of aliphatic hydroxyl groups excluding tert-OH is 3. The molecule has 6 saturated heterocycles. The molecule has 8 aromatic rings. The number of alkyl halides is 9. The number of halogens is 17. The van der Waals surface area contributed by atoms with Gasteiger partial charge in [-0.2, -0.15) is 35.1 Å². The lowest BCUT2D eigenvalue weighted by Gasteiger charge is -2.42. The van der Waals surface area contributed by atoms with Crippen molar-refractivity contribution >= 4 is 86.9 Å². The predicted molar refractivity (Wildman–Crippen MR) is 444 cm³/mol. The Morgan fingerprint density at radius 1 is 0.454 bits per heavy atom. The number of nitrogens with zero attached hydrogens (tertiary/aromatic N) is 8. The minimum Gasteiger partial charge on any atom is -0.393 e. The highest BCUT2D eigenvalue weighted by atomic mass is 35.5. The third kappa shape index (κ3) is 21.6. The number of hydrogen-bond donors (Lipinski definition) is 8. The van der Waals surface area contributed by atoms with Crippen LogP contribution in [-0.4, -0.2) is 160 Å². The summed E-state index contributed by atoms with van der Waals surface area (Å²) in [4.78, 5) is 92.1. The zero-order chi connectivity index (χ0) is 95.2. The van der Waals surface area contributed by atoms with Crippen LogP contribution in [0.4, 0.5) is 110 Å². The van der Waals surface area contributed by atoms with Gasteiger partial charge in [-0.05, 0) is 224 Å². The van der Waals surface area contributed by atoms with Crippen LogP contribution in [0.15, 0.2) is 170 Å². The van der Waals surface area contributed by atoms with E-state index in [1.54, 1.807) is 6.92 Å². The molecule has 7 heterocycles. The summed E-state index contributed by atoms with van der Waals surface area (Å²) in [5.74, 6) is -30.4. The van der Waals surface area contributed by atoms with Crippen molar-refractivity contribution in [2.75, 3.05) is 47.4 Å². The second-order valence-corrected chi connectivity index (χ2v) is 32.4. The molecule has 6 amide bonds. The fraction of sp³-hybridized carbons (Fsp3) is 0.341. The number of nitrogens with one attached hydrogen (secondary N) is 4. The first-order chi connectivity index (χ1) is 61.1. The number of amides is 6. The summed E-state index contributed by atoms with van der Waals surface area (Å²) in [6.07, 6.45) is 3.19. The van der Waals surface area contributed by atoms with Crippen LogP contribution in [0.3, 0.4) is 0 Å². The fourth-order valence-electron chi connectivity index (χ4n) is 16.2. The Labute approximate surface area is 738 Å². The molecule has 39 heteroatoms. The average Bonchev–Trinajstić information content (AvgIpc) is 1.81. The smallest absolute Gasteiger partial charge is 0.352 e. The molecule has 6 aliphatic rings. The van der Waals surface area contributed by atoms with E-state index in [0.717, 1.165) is 96.8 Å². The van der Waals surface area contributed by atoms with Gasteiger partial charge in [0.2, 0.25) is 17.1 Å². The van der Waals surface area contributed by atoms with Crippen molar-refractivity contribution in [2.45, 2.75) is 168 Å². The van der Waals surface area contributed by atoms with E-state index in [9.17, 15) is 102 Å². The summed E-state index contributed by atoms with van der Waals surface area (Å²) in [7, 11) is 0. The standard InChI is InChI=1S/2C24H21F4N3O2.C23H21F4N3O3.C20H18ClF4N3O3/c2*1-13(31-16-5-6-17(31)12-18(32)11-16)24(27,28)19-9-14(3-7-20(19)25)23(33)30-15-4-8-21(26)22(10-15)29-2;1-3-22(33)8-10-30(11-9-22)21(32)23(26,27)16-12-14(4-6-17(16)24)20(31)29-15-5-7-18(25)19(13-15)28-2;1-19(23)10-28(7-5-15(19)29)18(31)20(24,25)13-8-11(2-3-14(13)22)17(30)27-12-4-6-26-16(21)9-12/h2*3-4,7-10,16-18,32H,1,5-6,11-12H2,(H,30,33);4-7,12-13,33H,3,8-11H2,1H3,(H,29,31);2-4,6,8-9,15,29H,5,7,10H2,1H3,(H,26,27,30)/t2*16-,17+,18?;;. The van der Waals surface area contributed by atoms with Crippen molar-refractivity contribution in [1.82, 2.24) is 24.6 Å². The molecule has 0 spiro atoms. The second kappa shape index (κ2) is 39.6. The van der Waals surface area contributed by atoms with Crippen LogP contribution in [0.1, 0.15) is 155 Å². The molecule has 22 nitrogen and oxygen atoms in total. The molecule has 7 aromatic carbocycles. The Hall–Kier alpha value is -12.9. The van der Waals surface area contributed by atoms with Crippen LogP contribution in [0.25, 0.3) is 14.5 Å². The quantitative estimate of drug-likeness (QED) is 0.0213. The van der Waals surface area contributed by atoms with Gasteiger partial charge < -0.3 is 61.3 Å². The van der Waals surface area contributed by atoms with E-state index in [4.69, 9.17) is 31.3 Å². The number of anilines is 4. The summed E-state index contributed by atoms with van der Waals surface area (Å²) in [5, 5.41) is 49.4. The molecule has 14 rings (SSSR count). The van der Waals surface area contributed by atoms with Gasteiger partial charge in [-0.15, -0.1) is 0 Å². The van der Waals surface area contributed by atoms with Crippen LogP contribution >= 0.6 is 11.6 Å². The molecular formula is C91H81ClF16N12O10. The van der Waals surface area contributed by atoms with E-state index in [2.05, 4.69) is 53.9 Å². The molecule has 0 saturated carbocycles. The Morgan fingerprint density at radius 2 is 0.754 bits per heavy atom. The number of carbonyl (C=O) groups excluding carboxylic acids is 6. The molecule has 0 aliphatic carbocycles. The fourth-order valence-corrected chi connectivity index (χ4v) is 16.4. The lowest BCUT2D eigenvalue weighted by molar-refractivity contribution is -0.167. The maximum atomic E-state index is 15.4. The van der Waals surface area contributed by atoms with Crippen molar-refractivity contribution in [1.29, 1.82) is 0 Å². The largest absolute Gasteiger partial charge is 0.393 e. The molecule has 6 fully saturated rings. The monoisotopic (exact) mass is 1840 g/mol. The van der Waals surface area contributed by atoms with Crippen molar-refractivity contribution < 1.29 is 119 Å². The van der Waals surface area contributed by atoms with Crippen LogP contribution in [0.2, 0.25) is 5.15 Å². The molecule has 684 valence electrons. The van der Waals surface area contributed by atoms with E-state index >= 15 is 17.6 Å². The molecule has 4 bridgehead atoms. The van der Waals surface area contributed by atoms with E-state index in [1.165, 1.54) is 46.3 Å². The minimum absolute atomic E-state index is 0.0397. The number of likely N-dealkylation sites (tertiary alicyclic amines) is 2. The Bertz CT molecular complexity index is 5660. The minimum atomic E-state index is -4.36. The van der Waals surface area contributed by atoms with E-state index < -0.39 is 170 Å². The number of fused-ring (bicyclic) bond motifs is 4. The van der Waals surface area contributed by atoms with Crippen LogP contribution < -0.4 is 21.3 Å². The first kappa shape index (κ1) is 97.7. The maximum absolute atomic E-state index is 15.4. The van der Waals surface area contributed by atoms with Gasteiger partial charge in [0.05, 0.1) is 83.8 Å². The van der Waals surface area contributed by atoms with E-state index in [1.807, 2.05) is 0 Å². The van der Waals surface area contributed by atoms with Crippen molar-refractivity contribution in [2.24, 2.45) is 0 Å². The number of hydrogen-bond acceptors (Lipinski definition) is 13. The highest BCUT2D eigenvalue weighted by Crippen LogP contribution is 2.50. The summed E-state index contributed by atoms with van der Waals surface area (Å²) in [6, 6.07) is 21.1. The summed E-state index contributed by atoms with van der Waals surface area (Å²) >= 11 is 5.72. The third-order valence-electron chi connectivity index (χ3n) is 23.3. The van der Waals surface area contributed by atoms with Gasteiger partial charge in [0.1, 0.15) is 45.9 Å². The molecule has 4 unspecified atom stereocenters. The number of aliphatic hydroxyl groups is 4. The lowest BCUT2D eigenvalue weighted by Crippen LogP contribution is -2.56. The highest BCUT2D eigenvalue weighted by molar-refractivity contribution is 6.29. The van der Waals surface area contributed by atoms with Gasteiger partial charge in [0.15, 0.2) is 5.67 Å². The molecular weight excluding hydrogens is 1760 g/mol. The number of rotatable bonds is 19. The second-order valence-electron chi connectivity index (χ2n) is 32.0. The average molecular weight is 1840 g/mol. The van der Waals surface area contributed by atoms with Crippen molar-refractivity contribution in [3.63, 3.8) is 0 Å². The first-order valence-corrected chi connectivity index (χ1v) is 40.6. The van der Waals surface area contributed by atoms with Crippen molar-refractivity contribution in [3.05, 3.63) is 295 Å². The van der Waals surface area contributed by atoms with Gasteiger partial charge in [0, 0.05) is 95.0 Å². The normalized spacial score (nSPS) is 20.3. The Kier molecular flexibility index (Phi) is 29.7. The number of allylic oxidation sites excluding steroid dienone is 2. The molecule has 8 atom stereocenters. The van der Waals surface area contributed by atoms with E-state index in [-0.39, 0.29) is 130 Å². The molecule has 1 aromatic heterocycles. The zero-order valence-corrected chi connectivity index (χ0v) is 69.6. The molecule has 6 aliphatic heterocycles. The summed E-state index contributed by atoms with van der Waals surface area (Å²) in [5.41, 5.74) is -10.6. The lowest BCUT2D eigenvalue weighted by atomic mass is 9.88. The number of carbonyl (C=O) groups is 6. The third-order valence-corrected chi connectivity index (χ3v) is 23.5. The van der Waals surface area contributed by atoms with Gasteiger partial charge >= 0.3 is 23.7 Å². The van der Waals surface area contributed by atoms with Crippen LogP contribution in [-0.2, 0) is 33.3 Å². The Morgan fingerprint density at radius 3 is 1.05 bits per heavy atom.